The fraction of sp³-hybridized carbons (Fsp3) is 0.524. The summed E-state index contributed by atoms with van der Waals surface area (Å²) in [5.74, 6) is 1.62. The van der Waals surface area contributed by atoms with Crippen molar-refractivity contribution in [2.75, 3.05) is 26.7 Å². The monoisotopic (exact) mass is 549 g/mol. The second-order valence-corrected chi connectivity index (χ2v) is 7.32. The summed E-state index contributed by atoms with van der Waals surface area (Å²) in [5.41, 5.74) is 0.762. The number of aromatic nitrogens is 2. The zero-order chi connectivity index (χ0) is 21.5. The van der Waals surface area contributed by atoms with E-state index in [0.717, 1.165) is 37.6 Å². The van der Waals surface area contributed by atoms with Crippen molar-refractivity contribution in [2.24, 2.45) is 10.9 Å². The van der Waals surface area contributed by atoms with E-state index in [-0.39, 0.29) is 35.5 Å². The number of alkyl halides is 2. The van der Waals surface area contributed by atoms with Crippen LogP contribution in [-0.2, 0) is 6.54 Å². The maximum Gasteiger partial charge on any atom is 0.387 e. The molecule has 1 fully saturated rings. The summed E-state index contributed by atoms with van der Waals surface area (Å²) < 4.78 is 37.2. The van der Waals surface area contributed by atoms with E-state index in [0.29, 0.717) is 18.5 Å². The highest BCUT2D eigenvalue weighted by Crippen LogP contribution is 2.30. The number of ether oxygens (including phenoxy) is 2. The van der Waals surface area contributed by atoms with E-state index in [4.69, 9.17) is 9.73 Å². The molecular weight excluding hydrogens is 519 g/mol. The number of rotatable bonds is 7. The third kappa shape index (κ3) is 6.68. The Kier molecular flexibility index (Phi) is 9.79. The van der Waals surface area contributed by atoms with Crippen LogP contribution in [0, 0.1) is 5.92 Å². The molecule has 0 bridgehead atoms. The minimum absolute atomic E-state index is 0. The average molecular weight is 549 g/mol. The fourth-order valence-corrected chi connectivity index (χ4v) is 3.69. The molecule has 1 saturated heterocycles. The smallest absolute Gasteiger partial charge is 0.387 e. The summed E-state index contributed by atoms with van der Waals surface area (Å²) in [6.45, 7) is 4.18. The lowest BCUT2D eigenvalue weighted by atomic mass is 9.93. The Morgan fingerprint density at radius 3 is 2.81 bits per heavy atom. The van der Waals surface area contributed by atoms with Crippen LogP contribution in [0.3, 0.4) is 0 Å². The van der Waals surface area contributed by atoms with E-state index in [1.54, 1.807) is 24.4 Å². The number of methoxy groups -OCH3 is 1. The molecule has 1 aromatic heterocycles. The van der Waals surface area contributed by atoms with Crippen LogP contribution in [0.25, 0.3) is 0 Å². The molecule has 1 aromatic carbocycles. The highest BCUT2D eigenvalue weighted by atomic mass is 127. The standard InChI is InChI=1S/C21H29F2N5O2.HI/c1-4-25-21(27-9-7-15(2)17(13-27)28-10-8-24-14-28)26-12-16-5-6-18(29-3)19(11-16)30-20(22)23;/h5-6,8,10-11,14-15,17,20H,4,7,9,12-13H2,1-3H3,(H,25,26);1H. The van der Waals surface area contributed by atoms with Crippen LogP contribution in [0.1, 0.15) is 31.9 Å². The molecule has 1 aliphatic heterocycles. The Morgan fingerprint density at radius 1 is 1.35 bits per heavy atom. The molecule has 0 aliphatic carbocycles. The largest absolute Gasteiger partial charge is 0.493 e. The van der Waals surface area contributed by atoms with Gasteiger partial charge in [0, 0.05) is 32.0 Å². The van der Waals surface area contributed by atoms with Crippen molar-refractivity contribution in [1.29, 1.82) is 0 Å². The average Bonchev–Trinajstić information content (AvgIpc) is 3.26. The van der Waals surface area contributed by atoms with E-state index in [1.807, 2.05) is 19.4 Å². The number of aliphatic imine (C=N–C) groups is 1. The van der Waals surface area contributed by atoms with Crippen molar-refractivity contribution in [1.82, 2.24) is 19.8 Å². The normalized spacial score (nSPS) is 19.2. The SMILES string of the molecule is CCNC(=NCc1ccc(OC)c(OC(F)F)c1)N1CCC(C)C(n2ccnc2)C1.I. The number of nitrogens with zero attached hydrogens (tertiary/aromatic N) is 4. The molecule has 2 atom stereocenters. The van der Waals surface area contributed by atoms with Gasteiger partial charge in [0.2, 0.25) is 0 Å². The lowest BCUT2D eigenvalue weighted by Crippen LogP contribution is -2.49. The third-order valence-electron chi connectivity index (χ3n) is 5.32. The van der Waals surface area contributed by atoms with Gasteiger partial charge < -0.3 is 24.3 Å². The number of hydrogen-bond acceptors (Lipinski definition) is 4. The second kappa shape index (κ2) is 12.1. The van der Waals surface area contributed by atoms with Gasteiger partial charge in [-0.05, 0) is 37.0 Å². The predicted molar refractivity (Wildman–Crippen MR) is 126 cm³/mol. The molecule has 0 spiro atoms. The van der Waals surface area contributed by atoms with Gasteiger partial charge in [0.05, 0.1) is 26.0 Å². The van der Waals surface area contributed by atoms with Crippen LogP contribution in [0.4, 0.5) is 8.78 Å². The van der Waals surface area contributed by atoms with Crippen molar-refractivity contribution in [3.05, 3.63) is 42.5 Å². The molecule has 7 nitrogen and oxygen atoms in total. The second-order valence-electron chi connectivity index (χ2n) is 7.32. The molecule has 2 unspecified atom stereocenters. The van der Waals surface area contributed by atoms with Crippen LogP contribution in [0.2, 0.25) is 0 Å². The van der Waals surface area contributed by atoms with Crippen LogP contribution < -0.4 is 14.8 Å². The van der Waals surface area contributed by atoms with E-state index >= 15 is 0 Å². The number of likely N-dealkylation sites (tertiary alicyclic amines) is 1. The van der Waals surface area contributed by atoms with Crippen LogP contribution in [0.15, 0.2) is 41.9 Å². The summed E-state index contributed by atoms with van der Waals surface area (Å²) in [6, 6.07) is 5.28. The molecule has 3 rings (SSSR count). The molecule has 0 amide bonds. The Morgan fingerprint density at radius 2 is 2.16 bits per heavy atom. The molecular formula is C21H30F2IN5O2. The molecule has 2 aromatic rings. The highest BCUT2D eigenvalue weighted by molar-refractivity contribution is 14.0. The van der Waals surface area contributed by atoms with Crippen LogP contribution in [0.5, 0.6) is 11.5 Å². The predicted octanol–water partition coefficient (Wildman–Crippen LogP) is 4.16. The van der Waals surface area contributed by atoms with Crippen molar-refractivity contribution in [3.8, 4) is 11.5 Å². The number of halogens is 3. The lowest BCUT2D eigenvalue weighted by Gasteiger charge is -2.39. The number of imidazole rings is 1. The minimum Gasteiger partial charge on any atom is -0.493 e. The summed E-state index contributed by atoms with van der Waals surface area (Å²) in [5, 5.41) is 3.35. The maximum absolute atomic E-state index is 12.7. The van der Waals surface area contributed by atoms with Gasteiger partial charge in [0.1, 0.15) is 0 Å². The van der Waals surface area contributed by atoms with E-state index in [1.165, 1.54) is 7.11 Å². The van der Waals surface area contributed by atoms with Crippen LogP contribution in [-0.4, -0.2) is 53.8 Å². The first-order valence-electron chi connectivity index (χ1n) is 10.1. The van der Waals surface area contributed by atoms with Gasteiger partial charge in [-0.15, -0.1) is 24.0 Å². The number of piperidine rings is 1. The third-order valence-corrected chi connectivity index (χ3v) is 5.32. The summed E-state index contributed by atoms with van der Waals surface area (Å²) in [7, 11) is 1.42. The maximum atomic E-state index is 12.7. The highest BCUT2D eigenvalue weighted by Gasteiger charge is 2.28. The van der Waals surface area contributed by atoms with E-state index < -0.39 is 6.61 Å². The van der Waals surface area contributed by atoms with Crippen molar-refractivity contribution >= 4 is 29.9 Å². The van der Waals surface area contributed by atoms with E-state index in [2.05, 4.69) is 31.4 Å². The molecule has 1 N–H and O–H groups in total. The molecule has 0 radical (unpaired) electrons. The first kappa shape index (κ1) is 25.2. The van der Waals surface area contributed by atoms with Gasteiger partial charge in [0.25, 0.3) is 0 Å². The lowest BCUT2D eigenvalue weighted by molar-refractivity contribution is -0.0512. The van der Waals surface area contributed by atoms with Crippen molar-refractivity contribution < 1.29 is 18.3 Å². The number of hydrogen-bond donors (Lipinski definition) is 1. The summed E-state index contributed by atoms with van der Waals surface area (Å²) in [6.07, 6.45) is 6.70. The Labute approximate surface area is 198 Å². The number of nitrogens with one attached hydrogen (secondary N) is 1. The molecule has 172 valence electrons. The topological polar surface area (TPSA) is 63.9 Å². The first-order valence-corrected chi connectivity index (χ1v) is 10.1. The zero-order valence-electron chi connectivity index (χ0n) is 18.0. The van der Waals surface area contributed by atoms with Gasteiger partial charge in [-0.25, -0.2) is 9.98 Å². The Hall–Kier alpha value is -2.11. The quantitative estimate of drug-likeness (QED) is 0.320. The number of benzene rings is 1. The Balaban J connectivity index is 0.00000341. The molecule has 2 heterocycles. The first-order chi connectivity index (χ1) is 14.5. The van der Waals surface area contributed by atoms with Crippen LogP contribution >= 0.6 is 24.0 Å². The van der Waals surface area contributed by atoms with Crippen molar-refractivity contribution in [3.63, 3.8) is 0 Å². The van der Waals surface area contributed by atoms with Gasteiger partial charge in [-0.3, -0.25) is 0 Å². The minimum atomic E-state index is -2.91. The summed E-state index contributed by atoms with van der Waals surface area (Å²) >= 11 is 0. The molecule has 10 heteroatoms. The van der Waals surface area contributed by atoms with Gasteiger partial charge in [-0.1, -0.05) is 13.0 Å². The molecule has 1 aliphatic rings. The van der Waals surface area contributed by atoms with Crippen molar-refractivity contribution in [2.45, 2.75) is 39.5 Å². The van der Waals surface area contributed by atoms with Gasteiger partial charge >= 0.3 is 6.61 Å². The van der Waals surface area contributed by atoms with Gasteiger partial charge in [0.15, 0.2) is 17.5 Å². The summed E-state index contributed by atoms with van der Waals surface area (Å²) in [4.78, 5) is 11.2. The zero-order valence-corrected chi connectivity index (χ0v) is 20.3. The van der Waals surface area contributed by atoms with E-state index in [9.17, 15) is 8.78 Å². The number of guanidine groups is 1. The molecule has 0 saturated carbocycles. The van der Waals surface area contributed by atoms with Gasteiger partial charge in [-0.2, -0.15) is 8.78 Å². The fourth-order valence-electron chi connectivity index (χ4n) is 3.69. The Bertz CT molecular complexity index is 835. The molecule has 31 heavy (non-hydrogen) atoms.